The molecule has 0 aliphatic heterocycles. The summed E-state index contributed by atoms with van der Waals surface area (Å²) in [5.41, 5.74) is 10.6. The second kappa shape index (κ2) is 8.89. The lowest BCUT2D eigenvalue weighted by Crippen LogP contribution is -2.62. The van der Waals surface area contributed by atoms with Gasteiger partial charge >= 0.3 is 0 Å². The van der Waals surface area contributed by atoms with E-state index in [1.165, 1.54) is 0 Å². The first-order valence-corrected chi connectivity index (χ1v) is 6.55. The average Bonchev–Trinajstić information content (AvgIpc) is 2.44. The van der Waals surface area contributed by atoms with E-state index >= 15 is 0 Å². The van der Waals surface area contributed by atoms with Gasteiger partial charge in [0.2, 0.25) is 0 Å². The van der Waals surface area contributed by atoms with Gasteiger partial charge in [0.05, 0.1) is 29.9 Å². The standard InChI is InChI=1S/C14H20N6/c15-9-1-5-13(6-2-10-16,7-3-11-17)14(19,20)8-4-12-18/h1-8,19-20H2. The highest BCUT2D eigenvalue weighted by Gasteiger charge is 2.44. The number of nitrogens with two attached hydrogens (primary N) is 2. The molecule has 0 spiro atoms. The van der Waals surface area contributed by atoms with Gasteiger partial charge < -0.3 is 11.5 Å². The van der Waals surface area contributed by atoms with Gasteiger partial charge in [-0.2, -0.15) is 21.0 Å². The third-order valence-corrected chi connectivity index (χ3v) is 3.78. The minimum atomic E-state index is -1.16. The predicted octanol–water partition coefficient (Wildman–Crippen LogP) is 1.80. The quantitative estimate of drug-likeness (QED) is 0.611. The molecule has 0 aliphatic rings. The Morgan fingerprint density at radius 1 is 0.600 bits per heavy atom. The topological polar surface area (TPSA) is 147 Å². The van der Waals surface area contributed by atoms with Crippen LogP contribution in [0.15, 0.2) is 0 Å². The van der Waals surface area contributed by atoms with Gasteiger partial charge in [-0.1, -0.05) is 0 Å². The van der Waals surface area contributed by atoms with Crippen LogP contribution in [0, 0.1) is 50.7 Å². The molecule has 0 aromatic heterocycles. The van der Waals surface area contributed by atoms with Gasteiger partial charge in [0.15, 0.2) is 0 Å². The second-order valence-electron chi connectivity index (χ2n) is 4.95. The minimum absolute atomic E-state index is 0.209. The Morgan fingerprint density at radius 2 is 0.900 bits per heavy atom. The zero-order chi connectivity index (χ0) is 15.5. The molecule has 106 valence electrons. The van der Waals surface area contributed by atoms with Gasteiger partial charge in [-0.25, -0.2) is 0 Å². The summed E-state index contributed by atoms with van der Waals surface area (Å²) in [6.07, 6.45) is 2.59. The van der Waals surface area contributed by atoms with E-state index in [0.717, 1.165) is 0 Å². The van der Waals surface area contributed by atoms with E-state index in [1.807, 2.05) is 6.07 Å². The molecule has 0 radical (unpaired) electrons. The Morgan fingerprint density at radius 3 is 1.20 bits per heavy atom. The summed E-state index contributed by atoms with van der Waals surface area (Å²) in [4.78, 5) is 0. The lowest BCUT2D eigenvalue weighted by Gasteiger charge is -2.46. The minimum Gasteiger partial charge on any atom is -0.313 e. The molecule has 20 heavy (non-hydrogen) atoms. The zero-order valence-corrected chi connectivity index (χ0v) is 11.6. The maximum absolute atomic E-state index is 8.81. The van der Waals surface area contributed by atoms with E-state index in [0.29, 0.717) is 19.3 Å². The summed E-state index contributed by atoms with van der Waals surface area (Å²) in [7, 11) is 0. The smallest absolute Gasteiger partial charge is 0.0705 e. The van der Waals surface area contributed by atoms with Crippen LogP contribution < -0.4 is 11.5 Å². The third kappa shape index (κ3) is 4.87. The molecule has 0 aromatic carbocycles. The maximum Gasteiger partial charge on any atom is 0.0705 e. The highest BCUT2D eigenvalue weighted by molar-refractivity contribution is 5.03. The van der Waals surface area contributed by atoms with Crippen LogP contribution in [0.4, 0.5) is 0 Å². The highest BCUT2D eigenvalue weighted by atomic mass is 15.0. The first-order chi connectivity index (χ1) is 9.49. The number of nitriles is 4. The summed E-state index contributed by atoms with van der Waals surface area (Å²) < 4.78 is 0. The molecule has 6 heteroatoms. The van der Waals surface area contributed by atoms with Crippen molar-refractivity contribution < 1.29 is 0 Å². The molecule has 0 bridgehead atoms. The molecule has 4 N–H and O–H groups in total. The van der Waals surface area contributed by atoms with Gasteiger partial charge in [0.25, 0.3) is 0 Å². The van der Waals surface area contributed by atoms with Crippen LogP contribution in [0.2, 0.25) is 0 Å². The largest absolute Gasteiger partial charge is 0.313 e. The molecule has 6 nitrogen and oxygen atoms in total. The summed E-state index contributed by atoms with van der Waals surface area (Å²) in [5.74, 6) is 0. The van der Waals surface area contributed by atoms with Crippen molar-refractivity contribution in [3.8, 4) is 24.3 Å². The molecule has 0 amide bonds. The van der Waals surface area contributed by atoms with Crippen molar-refractivity contribution in [1.29, 1.82) is 21.0 Å². The average molecular weight is 272 g/mol. The number of rotatable bonds is 9. The maximum atomic E-state index is 8.81. The molecule has 0 fully saturated rings. The molecule has 0 saturated heterocycles. The number of hydrogen-bond acceptors (Lipinski definition) is 6. The monoisotopic (exact) mass is 272 g/mol. The van der Waals surface area contributed by atoms with Crippen LogP contribution in [0.1, 0.15) is 51.4 Å². The van der Waals surface area contributed by atoms with E-state index in [4.69, 9.17) is 32.5 Å². The van der Waals surface area contributed by atoms with Gasteiger partial charge in [-0.05, 0) is 25.7 Å². The van der Waals surface area contributed by atoms with E-state index in [-0.39, 0.29) is 32.1 Å². The Labute approximate surface area is 120 Å². The van der Waals surface area contributed by atoms with Crippen LogP contribution in [0.3, 0.4) is 0 Å². The normalized spacial score (nSPS) is 10.9. The first kappa shape index (κ1) is 17.9. The predicted molar refractivity (Wildman–Crippen MR) is 72.9 cm³/mol. The van der Waals surface area contributed by atoms with Crippen LogP contribution in [0.25, 0.3) is 0 Å². The van der Waals surface area contributed by atoms with E-state index in [2.05, 4.69) is 18.2 Å². The highest BCUT2D eigenvalue weighted by Crippen LogP contribution is 2.43. The Balaban J connectivity index is 5.34. The SMILES string of the molecule is N#CCCC(N)(N)C(CCC#N)(CCC#N)CCC#N. The molecule has 0 saturated carbocycles. The van der Waals surface area contributed by atoms with Gasteiger partial charge in [0, 0.05) is 31.1 Å². The molecule has 0 rings (SSSR count). The molecular formula is C14H20N6. The van der Waals surface area contributed by atoms with Crippen molar-refractivity contribution >= 4 is 0 Å². The van der Waals surface area contributed by atoms with Crippen molar-refractivity contribution in [2.24, 2.45) is 16.9 Å². The van der Waals surface area contributed by atoms with Crippen LogP contribution >= 0.6 is 0 Å². The van der Waals surface area contributed by atoms with Gasteiger partial charge in [-0.3, -0.25) is 0 Å². The Kier molecular flexibility index (Phi) is 7.95. The van der Waals surface area contributed by atoms with Crippen LogP contribution in [-0.2, 0) is 0 Å². The summed E-state index contributed by atoms with van der Waals surface area (Å²) in [6.45, 7) is 0. The Hall–Kier alpha value is -2.12. The van der Waals surface area contributed by atoms with Crippen LogP contribution in [0.5, 0.6) is 0 Å². The molecule has 0 aromatic rings. The summed E-state index contributed by atoms with van der Waals surface area (Å²) in [6, 6.07) is 8.20. The van der Waals surface area contributed by atoms with Gasteiger partial charge in [0.1, 0.15) is 0 Å². The second-order valence-corrected chi connectivity index (χ2v) is 4.95. The lowest BCUT2D eigenvalue weighted by atomic mass is 9.65. The van der Waals surface area contributed by atoms with Gasteiger partial charge in [-0.15, -0.1) is 0 Å². The van der Waals surface area contributed by atoms with Crippen molar-refractivity contribution in [2.75, 3.05) is 0 Å². The third-order valence-electron chi connectivity index (χ3n) is 3.78. The molecule has 0 aliphatic carbocycles. The van der Waals surface area contributed by atoms with E-state index in [9.17, 15) is 0 Å². The van der Waals surface area contributed by atoms with Crippen molar-refractivity contribution in [3.63, 3.8) is 0 Å². The molecular weight excluding hydrogens is 252 g/mol. The fourth-order valence-corrected chi connectivity index (χ4v) is 2.49. The molecule has 0 atom stereocenters. The van der Waals surface area contributed by atoms with E-state index in [1.54, 1.807) is 0 Å². The lowest BCUT2D eigenvalue weighted by molar-refractivity contribution is 0.0823. The fourth-order valence-electron chi connectivity index (χ4n) is 2.49. The number of hydrogen-bond donors (Lipinski definition) is 2. The van der Waals surface area contributed by atoms with Crippen molar-refractivity contribution in [1.82, 2.24) is 0 Å². The summed E-state index contributed by atoms with van der Waals surface area (Å²) >= 11 is 0. The van der Waals surface area contributed by atoms with Crippen LogP contribution in [-0.4, -0.2) is 5.66 Å². The van der Waals surface area contributed by atoms with E-state index < -0.39 is 11.1 Å². The summed E-state index contributed by atoms with van der Waals surface area (Å²) in [5, 5.41) is 35.1. The fraction of sp³-hybridized carbons (Fsp3) is 0.714. The molecule has 0 heterocycles. The van der Waals surface area contributed by atoms with Crippen molar-refractivity contribution in [2.45, 2.75) is 57.0 Å². The number of nitrogens with zero attached hydrogens (tertiary/aromatic N) is 4. The molecule has 0 unspecified atom stereocenters. The first-order valence-electron chi connectivity index (χ1n) is 6.55. The Bertz CT molecular complexity index is 408. The van der Waals surface area contributed by atoms with Crippen molar-refractivity contribution in [3.05, 3.63) is 0 Å². The zero-order valence-electron chi connectivity index (χ0n) is 11.6.